The molecule has 0 heterocycles. The van der Waals surface area contributed by atoms with Crippen LogP contribution in [0, 0.1) is 0 Å². The summed E-state index contributed by atoms with van der Waals surface area (Å²) in [6.45, 7) is 9.70. The fourth-order valence-electron chi connectivity index (χ4n) is 0.346. The quantitative estimate of drug-likeness (QED) is 0.257. The number of nitrogens with zero attached hydrogens (tertiary/aromatic N) is 1. The first-order valence-corrected chi connectivity index (χ1v) is 14.5. The van der Waals surface area contributed by atoms with Crippen LogP contribution < -0.4 is 5.32 Å². The van der Waals surface area contributed by atoms with E-state index in [0.29, 0.717) is 15.4 Å². The predicted molar refractivity (Wildman–Crippen MR) is 94.1 cm³/mol. The number of ether oxygens (including phenoxy) is 1. The van der Waals surface area contributed by atoms with Crippen molar-refractivity contribution in [1.29, 1.82) is 0 Å². The number of aliphatic imine (C=N–C) groups is 1. The standard InChI is InChI=1S/C7H12N2O2.2C2H6.2HI.V/c1-6(11-3)9-5-4-7(10)8-2;2*1-2;;;/h4-5H,1-3H3,(H,8,10);2*1-2H3;2*1H;/q;;;;;+2/p-2/b5-4-,9-6?;;;;;. The summed E-state index contributed by atoms with van der Waals surface area (Å²) in [6, 6.07) is 0. The van der Waals surface area contributed by atoms with Crippen LogP contribution >= 0.6 is 40.0 Å². The molecule has 0 aliphatic heterocycles. The molecule has 0 spiro atoms. The van der Waals surface area contributed by atoms with Crippen molar-refractivity contribution < 1.29 is 19.0 Å². The van der Waals surface area contributed by atoms with E-state index in [0.717, 1.165) is 0 Å². The number of carbonyl (C=O) groups is 1. The number of hydrogen-bond acceptors (Lipinski definition) is 3. The average molecular weight is 521 g/mol. The minimum atomic E-state index is -0.183. The molecule has 1 amide bonds. The second-order valence-corrected chi connectivity index (χ2v) is 13.6. The molecular weight excluding hydrogens is 497 g/mol. The Morgan fingerprint density at radius 3 is 1.94 bits per heavy atom. The molecule has 0 bridgehead atoms. The number of rotatable bonds is 2. The van der Waals surface area contributed by atoms with Crippen LogP contribution in [0.15, 0.2) is 17.3 Å². The molecule has 0 unspecified atom stereocenters. The van der Waals surface area contributed by atoms with Crippen LogP contribution in [0.25, 0.3) is 0 Å². The summed E-state index contributed by atoms with van der Waals surface area (Å²) in [6.07, 6.45) is 2.71. The molecule has 0 saturated heterocycles. The number of halogens is 2. The Kier molecular flexibility index (Phi) is 46.2. The Labute approximate surface area is 141 Å². The van der Waals surface area contributed by atoms with Crippen LogP contribution in [-0.2, 0) is 19.0 Å². The SMILES string of the molecule is CC.CC.CNC(=O)/C=C\N=C(C)OC.[I][V][I]. The van der Waals surface area contributed by atoms with Gasteiger partial charge >= 0.3 is 49.4 Å². The van der Waals surface area contributed by atoms with E-state index in [1.54, 1.807) is 14.0 Å². The van der Waals surface area contributed by atoms with Crippen LogP contribution in [0.3, 0.4) is 0 Å². The second kappa shape index (κ2) is 30.6. The van der Waals surface area contributed by atoms with Crippen LogP contribution in [0.2, 0.25) is 0 Å². The molecule has 1 N–H and O–H groups in total. The first-order chi connectivity index (χ1) is 8.62. The number of nitrogens with one attached hydrogen (secondary N) is 1. The molecule has 0 atom stereocenters. The number of amides is 1. The van der Waals surface area contributed by atoms with Crippen molar-refractivity contribution >= 4 is 51.8 Å². The third kappa shape index (κ3) is 36.0. The third-order valence-corrected chi connectivity index (χ3v) is 1.02. The Bertz CT molecular complexity index is 213. The Hall–Kier alpha value is 0.724. The van der Waals surface area contributed by atoms with Gasteiger partial charge in [0.05, 0.1) is 7.11 Å². The van der Waals surface area contributed by atoms with Crippen LogP contribution in [-0.4, -0.2) is 26.0 Å². The zero-order chi connectivity index (χ0) is 15.4. The molecule has 0 radical (unpaired) electrons. The molecule has 109 valence electrons. The molecular formula is C11H24I2N2O2V. The Morgan fingerprint density at radius 1 is 1.28 bits per heavy atom. The first kappa shape index (κ1) is 27.1. The molecule has 0 fully saturated rings. The van der Waals surface area contributed by atoms with Gasteiger partial charge in [-0.05, 0) is 0 Å². The first-order valence-electron chi connectivity index (χ1n) is 5.51. The Balaban J connectivity index is -0.000000118. The van der Waals surface area contributed by atoms with Crippen molar-refractivity contribution in [2.45, 2.75) is 34.6 Å². The topological polar surface area (TPSA) is 50.7 Å². The number of carbonyl (C=O) groups excluding carboxylic acids is 1. The van der Waals surface area contributed by atoms with E-state index >= 15 is 0 Å². The predicted octanol–water partition coefficient (Wildman–Crippen LogP) is 4.13. The summed E-state index contributed by atoms with van der Waals surface area (Å²) in [5, 5.41) is 2.42. The third-order valence-electron chi connectivity index (χ3n) is 1.02. The van der Waals surface area contributed by atoms with Gasteiger partial charge in [-0.2, -0.15) is 0 Å². The van der Waals surface area contributed by atoms with E-state index in [2.05, 4.69) is 50.3 Å². The van der Waals surface area contributed by atoms with E-state index < -0.39 is 0 Å². The average Bonchev–Trinajstić information content (AvgIpc) is 2.43. The molecule has 0 saturated carbocycles. The molecule has 4 nitrogen and oxygen atoms in total. The van der Waals surface area contributed by atoms with E-state index in [-0.39, 0.29) is 5.91 Å². The summed E-state index contributed by atoms with van der Waals surface area (Å²) in [7, 11) is 3.70. The van der Waals surface area contributed by atoms with Crippen molar-refractivity contribution in [2.24, 2.45) is 4.99 Å². The maximum absolute atomic E-state index is 10.6. The van der Waals surface area contributed by atoms with Crippen LogP contribution in [0.5, 0.6) is 0 Å². The number of likely N-dealkylation sites (N-methyl/N-ethyl adjacent to an activating group) is 1. The molecule has 0 aromatic heterocycles. The summed E-state index contributed by atoms with van der Waals surface area (Å²) in [5.74, 6) is 0.336. The van der Waals surface area contributed by atoms with E-state index in [4.69, 9.17) is 4.74 Å². The summed E-state index contributed by atoms with van der Waals surface area (Å²) >= 11 is 4.74. The Morgan fingerprint density at radius 2 is 1.67 bits per heavy atom. The monoisotopic (exact) mass is 521 g/mol. The van der Waals surface area contributed by atoms with Gasteiger partial charge < -0.3 is 10.1 Å². The van der Waals surface area contributed by atoms with Gasteiger partial charge in [0.15, 0.2) is 5.90 Å². The van der Waals surface area contributed by atoms with Gasteiger partial charge in [0.2, 0.25) is 5.91 Å². The minimum absolute atomic E-state index is 0.183. The fraction of sp³-hybridized carbons (Fsp3) is 0.636. The maximum atomic E-state index is 10.6. The van der Waals surface area contributed by atoms with Crippen molar-refractivity contribution in [2.75, 3.05) is 14.2 Å². The van der Waals surface area contributed by atoms with Crippen LogP contribution in [0.4, 0.5) is 0 Å². The van der Waals surface area contributed by atoms with E-state index in [9.17, 15) is 4.79 Å². The molecule has 0 aromatic carbocycles. The molecule has 18 heavy (non-hydrogen) atoms. The van der Waals surface area contributed by atoms with Crippen molar-refractivity contribution in [3.05, 3.63) is 12.3 Å². The van der Waals surface area contributed by atoms with Crippen LogP contribution in [0.1, 0.15) is 34.6 Å². The molecule has 0 aromatic rings. The zero-order valence-electron chi connectivity index (χ0n) is 12.1. The second-order valence-electron chi connectivity index (χ2n) is 1.85. The van der Waals surface area contributed by atoms with Crippen molar-refractivity contribution in [3.8, 4) is 0 Å². The summed E-state index contributed by atoms with van der Waals surface area (Å²) < 4.78 is 4.73. The normalized spacial score (nSPS) is 8.61. The molecule has 0 aliphatic rings. The van der Waals surface area contributed by atoms with Gasteiger partial charge in [-0.25, -0.2) is 4.99 Å². The van der Waals surface area contributed by atoms with Gasteiger partial charge in [-0.15, -0.1) is 0 Å². The molecule has 0 rings (SSSR count). The van der Waals surface area contributed by atoms with E-state index in [1.807, 2.05) is 27.7 Å². The van der Waals surface area contributed by atoms with Gasteiger partial charge in [0.1, 0.15) is 0 Å². The van der Waals surface area contributed by atoms with Gasteiger partial charge in [-0.1, -0.05) is 27.7 Å². The number of hydrogen-bond donors (Lipinski definition) is 1. The summed E-state index contributed by atoms with van der Waals surface area (Å²) in [4.78, 5) is 14.4. The molecule has 0 aliphatic carbocycles. The number of methoxy groups -OCH3 is 1. The summed E-state index contributed by atoms with van der Waals surface area (Å²) in [5.41, 5.74) is 0. The molecule has 7 heteroatoms. The van der Waals surface area contributed by atoms with E-state index in [1.165, 1.54) is 19.4 Å². The fourth-order valence-corrected chi connectivity index (χ4v) is 0.346. The van der Waals surface area contributed by atoms with Gasteiger partial charge in [0.25, 0.3) is 0 Å². The van der Waals surface area contributed by atoms with Crippen molar-refractivity contribution in [3.63, 3.8) is 0 Å². The van der Waals surface area contributed by atoms with Crippen molar-refractivity contribution in [1.82, 2.24) is 5.32 Å². The zero-order valence-corrected chi connectivity index (χ0v) is 17.8. The van der Waals surface area contributed by atoms with Gasteiger partial charge in [-0.3, -0.25) is 4.79 Å². The van der Waals surface area contributed by atoms with Gasteiger partial charge in [0, 0.05) is 26.2 Å².